The van der Waals surface area contributed by atoms with E-state index in [1.165, 1.54) is 0 Å². The van der Waals surface area contributed by atoms with E-state index in [2.05, 4.69) is 0 Å². The summed E-state index contributed by atoms with van der Waals surface area (Å²) in [5, 5.41) is 0. The van der Waals surface area contributed by atoms with E-state index in [0.29, 0.717) is 12.5 Å². The molecule has 2 rings (SSSR count). The summed E-state index contributed by atoms with van der Waals surface area (Å²) in [6.07, 6.45) is 1.09. The van der Waals surface area contributed by atoms with E-state index in [4.69, 9.17) is 15.2 Å². The van der Waals surface area contributed by atoms with Crippen molar-refractivity contribution in [1.82, 2.24) is 0 Å². The van der Waals surface area contributed by atoms with Crippen LogP contribution in [0.4, 0.5) is 0 Å². The Labute approximate surface area is 66.8 Å². The average Bonchev–Trinajstić information content (AvgIpc) is 2.37. The van der Waals surface area contributed by atoms with Crippen LogP contribution in [-0.4, -0.2) is 32.5 Å². The van der Waals surface area contributed by atoms with Crippen LogP contribution in [0, 0.1) is 11.8 Å². The van der Waals surface area contributed by atoms with Gasteiger partial charge in [0.15, 0.2) is 0 Å². The predicted molar refractivity (Wildman–Crippen MR) is 41.2 cm³/mol. The van der Waals surface area contributed by atoms with E-state index in [9.17, 15) is 0 Å². The first-order chi connectivity index (χ1) is 5.32. The van der Waals surface area contributed by atoms with Crippen molar-refractivity contribution < 1.29 is 9.47 Å². The normalized spacial score (nSPS) is 48.5. The molecule has 1 aliphatic carbocycles. The van der Waals surface area contributed by atoms with Gasteiger partial charge in [0.25, 0.3) is 0 Å². The monoisotopic (exact) mass is 157 g/mol. The van der Waals surface area contributed by atoms with Gasteiger partial charge in [0, 0.05) is 26.2 Å². The van der Waals surface area contributed by atoms with Crippen LogP contribution in [0.15, 0.2) is 0 Å². The lowest BCUT2D eigenvalue weighted by Crippen LogP contribution is -2.59. The van der Waals surface area contributed by atoms with Crippen LogP contribution in [0.3, 0.4) is 0 Å². The third kappa shape index (κ3) is 0.849. The first kappa shape index (κ1) is 7.53. The maximum absolute atomic E-state index is 5.65. The van der Waals surface area contributed by atoms with E-state index in [1.807, 2.05) is 0 Å². The second-order valence-electron chi connectivity index (χ2n) is 3.58. The lowest BCUT2D eigenvalue weighted by Gasteiger charge is -2.49. The molecular weight excluding hydrogens is 142 g/mol. The molecule has 1 saturated heterocycles. The molecule has 0 radical (unpaired) electrons. The first-order valence-corrected chi connectivity index (χ1v) is 4.15. The van der Waals surface area contributed by atoms with Gasteiger partial charge < -0.3 is 15.2 Å². The SMILES string of the molecule is COC1(CN)C[C@H]2COC[C@H]21. The Morgan fingerprint density at radius 2 is 2.45 bits per heavy atom. The largest absolute Gasteiger partial charge is 0.381 e. The second-order valence-corrected chi connectivity index (χ2v) is 3.58. The predicted octanol–water partition coefficient (Wildman–Crippen LogP) is -0.00340. The van der Waals surface area contributed by atoms with Crippen molar-refractivity contribution in [3.05, 3.63) is 0 Å². The summed E-state index contributed by atoms with van der Waals surface area (Å²) >= 11 is 0. The minimum Gasteiger partial charge on any atom is -0.381 e. The third-order valence-electron chi connectivity index (χ3n) is 3.23. The molecule has 2 aliphatic rings. The van der Waals surface area contributed by atoms with Crippen LogP contribution in [0.1, 0.15) is 6.42 Å². The Hall–Kier alpha value is -0.120. The Balaban J connectivity index is 2.06. The minimum absolute atomic E-state index is 0.0405. The van der Waals surface area contributed by atoms with Crippen molar-refractivity contribution in [1.29, 1.82) is 0 Å². The number of fused-ring (bicyclic) bond motifs is 1. The highest BCUT2D eigenvalue weighted by atomic mass is 16.5. The van der Waals surface area contributed by atoms with Gasteiger partial charge in [0.05, 0.1) is 12.2 Å². The van der Waals surface area contributed by atoms with Crippen molar-refractivity contribution in [3.63, 3.8) is 0 Å². The Kier molecular flexibility index (Phi) is 1.67. The van der Waals surface area contributed by atoms with Gasteiger partial charge in [-0.1, -0.05) is 0 Å². The lowest BCUT2D eigenvalue weighted by atomic mass is 9.63. The van der Waals surface area contributed by atoms with Crippen LogP contribution in [0.25, 0.3) is 0 Å². The van der Waals surface area contributed by atoms with E-state index in [1.54, 1.807) is 7.11 Å². The van der Waals surface area contributed by atoms with Gasteiger partial charge in [-0.25, -0.2) is 0 Å². The standard InChI is InChI=1S/C8H15NO2/c1-10-8(5-9)2-6-3-11-4-7(6)8/h6-7H,2-5,9H2,1H3/t6-,7+,8?/m0/s1. The van der Waals surface area contributed by atoms with Gasteiger partial charge in [0.2, 0.25) is 0 Å². The topological polar surface area (TPSA) is 44.5 Å². The van der Waals surface area contributed by atoms with E-state index in [-0.39, 0.29) is 5.60 Å². The second kappa shape index (κ2) is 2.44. The maximum atomic E-state index is 5.65. The number of nitrogens with two attached hydrogens (primary N) is 1. The number of hydrogen-bond acceptors (Lipinski definition) is 3. The number of rotatable bonds is 2. The molecule has 0 aromatic carbocycles. The van der Waals surface area contributed by atoms with Gasteiger partial charge in [-0.3, -0.25) is 0 Å². The summed E-state index contributed by atoms with van der Waals surface area (Å²) in [5.41, 5.74) is 5.61. The van der Waals surface area contributed by atoms with Crippen molar-refractivity contribution >= 4 is 0 Å². The Morgan fingerprint density at radius 3 is 3.00 bits per heavy atom. The van der Waals surface area contributed by atoms with Gasteiger partial charge in [0.1, 0.15) is 0 Å². The van der Waals surface area contributed by atoms with Crippen LogP contribution >= 0.6 is 0 Å². The molecule has 1 heterocycles. The van der Waals surface area contributed by atoms with Crippen molar-refractivity contribution in [2.24, 2.45) is 17.6 Å². The average molecular weight is 157 g/mol. The first-order valence-electron chi connectivity index (χ1n) is 4.15. The van der Waals surface area contributed by atoms with Crippen molar-refractivity contribution in [2.45, 2.75) is 12.0 Å². The maximum Gasteiger partial charge on any atom is 0.0857 e. The highest BCUT2D eigenvalue weighted by Gasteiger charge is 2.56. The smallest absolute Gasteiger partial charge is 0.0857 e. The molecule has 1 saturated carbocycles. The number of ether oxygens (including phenoxy) is 2. The number of hydrogen-bond donors (Lipinski definition) is 1. The summed E-state index contributed by atoms with van der Waals surface area (Å²) in [7, 11) is 1.75. The zero-order valence-corrected chi connectivity index (χ0v) is 6.88. The van der Waals surface area contributed by atoms with E-state index >= 15 is 0 Å². The highest BCUT2D eigenvalue weighted by Crippen LogP contribution is 2.49. The fourth-order valence-corrected chi connectivity index (χ4v) is 2.37. The molecule has 2 fully saturated rings. The van der Waals surface area contributed by atoms with Gasteiger partial charge in [-0.15, -0.1) is 0 Å². The van der Waals surface area contributed by atoms with E-state index in [0.717, 1.165) is 25.6 Å². The fourth-order valence-electron chi connectivity index (χ4n) is 2.37. The molecule has 0 aromatic heterocycles. The third-order valence-corrected chi connectivity index (χ3v) is 3.23. The lowest BCUT2D eigenvalue weighted by molar-refractivity contribution is -0.136. The van der Waals surface area contributed by atoms with Crippen molar-refractivity contribution in [3.8, 4) is 0 Å². The molecule has 0 amide bonds. The van der Waals surface area contributed by atoms with E-state index < -0.39 is 0 Å². The summed E-state index contributed by atoms with van der Waals surface area (Å²) in [6, 6.07) is 0. The van der Waals surface area contributed by atoms with Crippen LogP contribution < -0.4 is 5.73 Å². The molecule has 2 N–H and O–H groups in total. The van der Waals surface area contributed by atoms with Gasteiger partial charge >= 0.3 is 0 Å². The molecule has 3 nitrogen and oxygen atoms in total. The molecule has 0 spiro atoms. The summed E-state index contributed by atoms with van der Waals surface area (Å²) in [6.45, 7) is 2.39. The molecule has 1 aliphatic heterocycles. The molecule has 1 unspecified atom stereocenters. The minimum atomic E-state index is -0.0405. The molecule has 0 aromatic rings. The zero-order valence-electron chi connectivity index (χ0n) is 6.88. The molecule has 64 valence electrons. The van der Waals surface area contributed by atoms with Gasteiger partial charge in [-0.2, -0.15) is 0 Å². The number of methoxy groups -OCH3 is 1. The fraction of sp³-hybridized carbons (Fsp3) is 1.00. The summed E-state index contributed by atoms with van der Waals surface area (Å²) in [4.78, 5) is 0. The van der Waals surface area contributed by atoms with Crippen LogP contribution in [0.2, 0.25) is 0 Å². The van der Waals surface area contributed by atoms with Crippen molar-refractivity contribution in [2.75, 3.05) is 26.9 Å². The summed E-state index contributed by atoms with van der Waals surface area (Å²) in [5.74, 6) is 1.29. The highest BCUT2D eigenvalue weighted by molar-refractivity contribution is 5.06. The summed E-state index contributed by atoms with van der Waals surface area (Å²) < 4.78 is 10.8. The van der Waals surface area contributed by atoms with Crippen LogP contribution in [-0.2, 0) is 9.47 Å². The molecular formula is C8H15NO2. The van der Waals surface area contributed by atoms with Crippen LogP contribution in [0.5, 0.6) is 0 Å². The molecule has 3 heteroatoms. The zero-order chi connectivity index (χ0) is 7.90. The molecule has 3 atom stereocenters. The molecule has 0 bridgehead atoms. The quantitative estimate of drug-likeness (QED) is 0.613. The van der Waals surface area contributed by atoms with Gasteiger partial charge in [-0.05, 0) is 12.3 Å². The Bertz CT molecular complexity index is 156. The Morgan fingerprint density at radius 1 is 1.64 bits per heavy atom. The molecule has 11 heavy (non-hydrogen) atoms.